The molecule has 3 nitrogen and oxygen atoms in total. The lowest BCUT2D eigenvalue weighted by Gasteiger charge is -2.20. The molecule has 17 heavy (non-hydrogen) atoms. The van der Waals surface area contributed by atoms with Crippen LogP contribution in [0.2, 0.25) is 0 Å². The van der Waals surface area contributed by atoms with Crippen LogP contribution in [0.4, 0.5) is 0 Å². The summed E-state index contributed by atoms with van der Waals surface area (Å²) in [5.41, 5.74) is 0. The number of nitrogens with zero attached hydrogens (tertiary/aromatic N) is 3. The molecule has 1 aromatic heterocycles. The van der Waals surface area contributed by atoms with Crippen LogP contribution >= 0.6 is 15.9 Å². The fourth-order valence-electron chi connectivity index (χ4n) is 2.66. The van der Waals surface area contributed by atoms with E-state index in [0.717, 1.165) is 18.2 Å². The van der Waals surface area contributed by atoms with Gasteiger partial charge in [-0.1, -0.05) is 35.2 Å². The molecule has 1 fully saturated rings. The highest BCUT2D eigenvalue weighted by atomic mass is 79.9. The van der Waals surface area contributed by atoms with Crippen molar-refractivity contribution in [3.05, 3.63) is 12.2 Å². The minimum Gasteiger partial charge on any atom is -0.248 e. The van der Waals surface area contributed by atoms with Gasteiger partial charge in [0.25, 0.3) is 0 Å². The SMILES string of the molecule is CC(C)n1ncnc1CC1CCCCCC1Br. The number of alkyl halides is 1. The van der Waals surface area contributed by atoms with Crippen molar-refractivity contribution in [3.8, 4) is 0 Å². The Morgan fingerprint density at radius 2 is 2.12 bits per heavy atom. The molecule has 0 bridgehead atoms. The number of hydrogen-bond donors (Lipinski definition) is 0. The molecule has 0 amide bonds. The number of hydrogen-bond acceptors (Lipinski definition) is 2. The van der Waals surface area contributed by atoms with Gasteiger partial charge in [0, 0.05) is 17.3 Å². The molecule has 1 aromatic rings. The maximum Gasteiger partial charge on any atom is 0.138 e. The fraction of sp³-hybridized carbons (Fsp3) is 0.846. The smallest absolute Gasteiger partial charge is 0.138 e. The minimum absolute atomic E-state index is 0.409. The van der Waals surface area contributed by atoms with Gasteiger partial charge in [-0.25, -0.2) is 9.67 Å². The summed E-state index contributed by atoms with van der Waals surface area (Å²) in [7, 11) is 0. The third-order valence-corrected chi connectivity index (χ3v) is 4.85. The second kappa shape index (κ2) is 5.98. The van der Waals surface area contributed by atoms with Gasteiger partial charge in [-0.05, 0) is 32.6 Å². The molecular formula is C13H22BrN3. The molecule has 0 N–H and O–H groups in total. The molecular weight excluding hydrogens is 278 g/mol. The van der Waals surface area contributed by atoms with E-state index in [9.17, 15) is 0 Å². The zero-order chi connectivity index (χ0) is 12.3. The van der Waals surface area contributed by atoms with E-state index in [1.165, 1.54) is 32.1 Å². The Morgan fingerprint density at radius 3 is 2.88 bits per heavy atom. The van der Waals surface area contributed by atoms with Crippen LogP contribution < -0.4 is 0 Å². The molecule has 2 rings (SSSR count). The minimum atomic E-state index is 0.409. The zero-order valence-electron chi connectivity index (χ0n) is 10.8. The lowest BCUT2D eigenvalue weighted by Crippen LogP contribution is -2.19. The van der Waals surface area contributed by atoms with Crippen LogP contribution in [-0.4, -0.2) is 19.6 Å². The fourth-order valence-corrected chi connectivity index (χ4v) is 3.43. The van der Waals surface area contributed by atoms with Crippen molar-refractivity contribution < 1.29 is 0 Å². The molecule has 0 spiro atoms. The van der Waals surface area contributed by atoms with Crippen LogP contribution in [0.5, 0.6) is 0 Å². The van der Waals surface area contributed by atoms with E-state index in [1.54, 1.807) is 6.33 Å². The molecule has 96 valence electrons. The Balaban J connectivity index is 2.05. The lowest BCUT2D eigenvalue weighted by atomic mass is 9.96. The number of halogens is 1. The average Bonchev–Trinajstić information content (AvgIpc) is 2.66. The quantitative estimate of drug-likeness (QED) is 0.629. The lowest BCUT2D eigenvalue weighted by molar-refractivity contribution is 0.429. The molecule has 1 aliphatic carbocycles. The van der Waals surface area contributed by atoms with E-state index in [2.05, 4.69) is 44.5 Å². The first-order valence-electron chi connectivity index (χ1n) is 6.71. The predicted octanol–water partition coefficient (Wildman–Crippen LogP) is 3.75. The molecule has 0 aliphatic heterocycles. The van der Waals surface area contributed by atoms with E-state index in [-0.39, 0.29) is 0 Å². The number of rotatable bonds is 3. The van der Waals surface area contributed by atoms with Crippen molar-refractivity contribution >= 4 is 15.9 Å². The third kappa shape index (κ3) is 3.30. The Kier molecular flexibility index (Phi) is 4.60. The topological polar surface area (TPSA) is 30.7 Å². The van der Waals surface area contributed by atoms with Crippen LogP contribution in [0, 0.1) is 5.92 Å². The van der Waals surface area contributed by atoms with Gasteiger partial charge in [-0.15, -0.1) is 0 Å². The second-order valence-electron chi connectivity index (χ2n) is 5.33. The van der Waals surface area contributed by atoms with Crippen molar-refractivity contribution in [2.75, 3.05) is 0 Å². The highest BCUT2D eigenvalue weighted by Crippen LogP contribution is 2.31. The summed E-state index contributed by atoms with van der Waals surface area (Å²) in [6, 6.07) is 0.409. The molecule has 2 unspecified atom stereocenters. The largest absolute Gasteiger partial charge is 0.248 e. The Hall–Kier alpha value is -0.380. The van der Waals surface area contributed by atoms with Gasteiger partial charge in [-0.2, -0.15) is 5.10 Å². The highest BCUT2D eigenvalue weighted by molar-refractivity contribution is 9.09. The van der Waals surface area contributed by atoms with Gasteiger partial charge >= 0.3 is 0 Å². The molecule has 0 radical (unpaired) electrons. The van der Waals surface area contributed by atoms with Gasteiger partial charge in [0.2, 0.25) is 0 Å². The Morgan fingerprint density at radius 1 is 1.35 bits per heavy atom. The van der Waals surface area contributed by atoms with E-state index in [1.807, 2.05) is 0 Å². The zero-order valence-corrected chi connectivity index (χ0v) is 12.4. The monoisotopic (exact) mass is 299 g/mol. The summed E-state index contributed by atoms with van der Waals surface area (Å²) in [4.78, 5) is 5.08. The van der Waals surface area contributed by atoms with Crippen molar-refractivity contribution in [3.63, 3.8) is 0 Å². The molecule has 0 aromatic carbocycles. The third-order valence-electron chi connectivity index (χ3n) is 3.65. The van der Waals surface area contributed by atoms with Crippen molar-refractivity contribution in [1.82, 2.24) is 14.8 Å². The van der Waals surface area contributed by atoms with Gasteiger partial charge < -0.3 is 0 Å². The predicted molar refractivity (Wildman–Crippen MR) is 73.4 cm³/mol. The first kappa shape index (κ1) is 13.1. The van der Waals surface area contributed by atoms with Gasteiger partial charge in [-0.3, -0.25) is 0 Å². The van der Waals surface area contributed by atoms with Crippen LogP contribution in [0.1, 0.15) is 57.8 Å². The number of aromatic nitrogens is 3. The molecule has 1 heterocycles. The van der Waals surface area contributed by atoms with Crippen LogP contribution in [0.15, 0.2) is 6.33 Å². The summed E-state index contributed by atoms with van der Waals surface area (Å²) in [5.74, 6) is 1.87. The normalized spacial score (nSPS) is 26.1. The summed E-state index contributed by atoms with van der Waals surface area (Å²) >= 11 is 3.85. The maximum atomic E-state index is 4.43. The molecule has 2 atom stereocenters. The second-order valence-corrected chi connectivity index (χ2v) is 6.51. The summed E-state index contributed by atoms with van der Waals surface area (Å²) in [5, 5.41) is 4.32. The standard InChI is InChI=1S/C13H22BrN3/c1-10(2)17-13(15-9-16-17)8-11-6-4-3-5-7-12(11)14/h9-12H,3-8H2,1-2H3. The molecule has 0 saturated heterocycles. The average molecular weight is 300 g/mol. The van der Waals surface area contributed by atoms with Gasteiger partial charge in [0.05, 0.1) is 0 Å². The van der Waals surface area contributed by atoms with E-state index >= 15 is 0 Å². The molecule has 1 saturated carbocycles. The summed E-state index contributed by atoms with van der Waals surface area (Å²) < 4.78 is 2.06. The highest BCUT2D eigenvalue weighted by Gasteiger charge is 2.23. The van der Waals surface area contributed by atoms with Crippen molar-refractivity contribution in [2.45, 2.75) is 63.2 Å². The summed E-state index contributed by atoms with van der Waals surface area (Å²) in [6.45, 7) is 4.33. The van der Waals surface area contributed by atoms with Crippen LogP contribution in [0.3, 0.4) is 0 Å². The van der Waals surface area contributed by atoms with Crippen molar-refractivity contribution in [2.24, 2.45) is 5.92 Å². The molecule has 1 aliphatic rings. The van der Waals surface area contributed by atoms with E-state index in [0.29, 0.717) is 10.9 Å². The van der Waals surface area contributed by atoms with Crippen LogP contribution in [-0.2, 0) is 6.42 Å². The van der Waals surface area contributed by atoms with Crippen LogP contribution in [0.25, 0.3) is 0 Å². The van der Waals surface area contributed by atoms with Crippen molar-refractivity contribution in [1.29, 1.82) is 0 Å². The van der Waals surface area contributed by atoms with E-state index in [4.69, 9.17) is 0 Å². The Labute approximate surface area is 112 Å². The van der Waals surface area contributed by atoms with Gasteiger partial charge in [0.1, 0.15) is 12.2 Å². The van der Waals surface area contributed by atoms with Gasteiger partial charge in [0.15, 0.2) is 0 Å². The first-order chi connectivity index (χ1) is 8.18. The maximum absolute atomic E-state index is 4.43. The molecule has 4 heteroatoms. The Bertz CT molecular complexity index is 348. The van der Waals surface area contributed by atoms with E-state index < -0.39 is 0 Å². The first-order valence-corrected chi connectivity index (χ1v) is 7.62. The summed E-state index contributed by atoms with van der Waals surface area (Å²) in [6.07, 6.45) is 9.49.